The highest BCUT2D eigenvalue weighted by Gasteiger charge is 2.43. The van der Waals surface area contributed by atoms with Crippen LogP contribution < -0.4 is 9.64 Å². The molecule has 2 aliphatic heterocycles. The van der Waals surface area contributed by atoms with Crippen LogP contribution in [-0.4, -0.2) is 29.4 Å². The lowest BCUT2D eigenvalue weighted by molar-refractivity contribution is -0.137. The highest BCUT2D eigenvalue weighted by atomic mass is 19.1. The van der Waals surface area contributed by atoms with E-state index in [1.54, 1.807) is 12.1 Å². The molecule has 0 unspecified atom stereocenters. The van der Waals surface area contributed by atoms with E-state index in [0.717, 1.165) is 17.7 Å². The van der Waals surface area contributed by atoms with Crippen LogP contribution in [-0.2, 0) is 22.6 Å². The lowest BCUT2D eigenvalue weighted by Gasteiger charge is -2.22. The maximum absolute atomic E-state index is 13.7. The molecular weight excluding hydrogens is 431 g/mol. The molecule has 6 heteroatoms. The van der Waals surface area contributed by atoms with Crippen LogP contribution in [0.3, 0.4) is 0 Å². The quantitative estimate of drug-likeness (QED) is 0.492. The summed E-state index contributed by atoms with van der Waals surface area (Å²) in [5.41, 5.74) is 4.20. The van der Waals surface area contributed by atoms with Crippen molar-refractivity contribution in [1.29, 1.82) is 0 Å². The standard InChI is InChI=1S/C28H25FN2O3/c1-18(2)34-23-13-9-21(10-14-23)25-26(30-16-15-20-5-3-4-6-24(20)30)28(33)31(27(25)32)17-19-7-11-22(29)12-8-19/h3-14,18H,15-17H2,1-2H3. The molecule has 3 aromatic rings. The molecule has 0 spiro atoms. The Balaban J connectivity index is 1.56. The van der Waals surface area contributed by atoms with Crippen LogP contribution >= 0.6 is 0 Å². The number of hydrogen-bond donors (Lipinski definition) is 0. The van der Waals surface area contributed by atoms with Gasteiger partial charge in [0.15, 0.2) is 0 Å². The Morgan fingerprint density at radius 3 is 2.32 bits per heavy atom. The third-order valence-electron chi connectivity index (χ3n) is 6.07. The van der Waals surface area contributed by atoms with Crippen LogP contribution in [0.25, 0.3) is 5.57 Å². The highest BCUT2D eigenvalue weighted by molar-refractivity contribution is 6.36. The van der Waals surface area contributed by atoms with Crippen LogP contribution in [0.4, 0.5) is 10.1 Å². The SMILES string of the molecule is CC(C)Oc1ccc(C2=C(N3CCc4ccccc43)C(=O)N(Cc3ccc(F)cc3)C2=O)cc1. The number of halogens is 1. The van der Waals surface area contributed by atoms with Gasteiger partial charge in [-0.05, 0) is 67.3 Å². The second-order valence-corrected chi connectivity index (χ2v) is 8.77. The summed E-state index contributed by atoms with van der Waals surface area (Å²) in [4.78, 5) is 30.5. The molecule has 0 aliphatic carbocycles. The number of carbonyl (C=O) groups excluding carboxylic acids is 2. The van der Waals surface area contributed by atoms with E-state index in [1.807, 2.05) is 67.3 Å². The zero-order valence-corrected chi connectivity index (χ0v) is 19.1. The molecule has 2 aliphatic rings. The van der Waals surface area contributed by atoms with E-state index in [2.05, 4.69) is 0 Å². The third-order valence-corrected chi connectivity index (χ3v) is 6.07. The molecule has 2 amide bonds. The highest BCUT2D eigenvalue weighted by Crippen LogP contribution is 2.39. The normalized spacial score (nSPS) is 15.5. The molecular formula is C28H25FN2O3. The van der Waals surface area contributed by atoms with Crippen molar-refractivity contribution < 1.29 is 18.7 Å². The summed E-state index contributed by atoms with van der Waals surface area (Å²) in [7, 11) is 0. The molecule has 2 heterocycles. The number of hydrogen-bond acceptors (Lipinski definition) is 4. The van der Waals surface area contributed by atoms with E-state index < -0.39 is 0 Å². The second kappa shape index (κ2) is 8.78. The molecule has 34 heavy (non-hydrogen) atoms. The van der Waals surface area contributed by atoms with Crippen molar-refractivity contribution >= 4 is 23.1 Å². The summed E-state index contributed by atoms with van der Waals surface area (Å²) < 4.78 is 19.1. The van der Waals surface area contributed by atoms with Gasteiger partial charge in [-0.2, -0.15) is 0 Å². The minimum Gasteiger partial charge on any atom is -0.491 e. The summed E-state index contributed by atoms with van der Waals surface area (Å²) in [6.07, 6.45) is 0.829. The predicted octanol–water partition coefficient (Wildman–Crippen LogP) is 4.96. The van der Waals surface area contributed by atoms with Gasteiger partial charge in [-0.15, -0.1) is 0 Å². The van der Waals surface area contributed by atoms with Gasteiger partial charge in [-0.3, -0.25) is 14.5 Å². The van der Waals surface area contributed by atoms with Gasteiger partial charge in [0.2, 0.25) is 0 Å². The topological polar surface area (TPSA) is 49.9 Å². The monoisotopic (exact) mass is 456 g/mol. The van der Waals surface area contributed by atoms with Gasteiger partial charge in [0.1, 0.15) is 17.3 Å². The Hall–Kier alpha value is -3.93. The lowest BCUT2D eigenvalue weighted by atomic mass is 10.0. The van der Waals surface area contributed by atoms with Gasteiger partial charge in [0.25, 0.3) is 11.8 Å². The van der Waals surface area contributed by atoms with Crippen LogP contribution in [0.15, 0.2) is 78.5 Å². The fourth-order valence-electron chi connectivity index (χ4n) is 4.53. The zero-order valence-electron chi connectivity index (χ0n) is 19.1. The Morgan fingerprint density at radius 1 is 0.912 bits per heavy atom. The van der Waals surface area contributed by atoms with Crippen molar-refractivity contribution in [2.75, 3.05) is 11.4 Å². The van der Waals surface area contributed by atoms with Gasteiger partial charge in [0, 0.05) is 12.2 Å². The number of ether oxygens (including phenoxy) is 1. The van der Waals surface area contributed by atoms with Crippen molar-refractivity contribution in [1.82, 2.24) is 4.90 Å². The molecule has 0 atom stereocenters. The second-order valence-electron chi connectivity index (χ2n) is 8.77. The minimum absolute atomic E-state index is 0.0302. The number of imide groups is 1. The molecule has 5 rings (SSSR count). The van der Waals surface area contributed by atoms with Crippen molar-refractivity contribution in [3.63, 3.8) is 0 Å². The number of anilines is 1. The van der Waals surface area contributed by atoms with Crippen LogP contribution in [0.1, 0.15) is 30.5 Å². The molecule has 0 saturated carbocycles. The van der Waals surface area contributed by atoms with E-state index in [0.29, 0.717) is 34.7 Å². The summed E-state index contributed by atoms with van der Waals surface area (Å²) in [6.45, 7) is 4.60. The smallest absolute Gasteiger partial charge is 0.278 e. The zero-order chi connectivity index (χ0) is 23.8. The summed E-state index contributed by atoms with van der Waals surface area (Å²) in [5.74, 6) is -0.359. The number of carbonyl (C=O) groups is 2. The largest absolute Gasteiger partial charge is 0.491 e. The summed E-state index contributed by atoms with van der Waals surface area (Å²) in [5, 5.41) is 0. The molecule has 0 fully saturated rings. The fraction of sp³-hybridized carbons (Fsp3) is 0.214. The molecule has 0 bridgehead atoms. The first-order valence-electron chi connectivity index (χ1n) is 11.4. The first kappa shape index (κ1) is 21.9. The van der Waals surface area contributed by atoms with Crippen LogP contribution in [0, 0.1) is 5.82 Å². The molecule has 5 nitrogen and oxygen atoms in total. The van der Waals surface area contributed by atoms with Gasteiger partial charge >= 0.3 is 0 Å². The summed E-state index contributed by atoms with van der Waals surface area (Å²) in [6, 6.07) is 21.1. The number of rotatable bonds is 6. The van der Waals surface area contributed by atoms with E-state index in [1.165, 1.54) is 17.0 Å². The van der Waals surface area contributed by atoms with Gasteiger partial charge in [0.05, 0.1) is 18.2 Å². The van der Waals surface area contributed by atoms with Crippen molar-refractivity contribution in [2.24, 2.45) is 0 Å². The molecule has 0 N–H and O–H groups in total. The van der Waals surface area contributed by atoms with Crippen molar-refractivity contribution in [3.05, 3.63) is 101 Å². The average Bonchev–Trinajstić information content (AvgIpc) is 3.35. The number of benzene rings is 3. The average molecular weight is 457 g/mol. The van der Waals surface area contributed by atoms with Crippen molar-refractivity contribution in [3.8, 4) is 5.75 Å². The first-order valence-corrected chi connectivity index (χ1v) is 11.4. The maximum atomic E-state index is 13.7. The molecule has 0 saturated heterocycles. The Kier molecular flexibility index (Phi) is 5.65. The number of amides is 2. The molecule has 3 aromatic carbocycles. The third kappa shape index (κ3) is 3.96. The van der Waals surface area contributed by atoms with Crippen molar-refractivity contribution in [2.45, 2.75) is 32.9 Å². The minimum atomic E-state index is -0.361. The predicted molar refractivity (Wildman–Crippen MR) is 129 cm³/mol. The fourth-order valence-corrected chi connectivity index (χ4v) is 4.53. The van der Waals surface area contributed by atoms with E-state index in [4.69, 9.17) is 4.74 Å². The Labute approximate surface area is 198 Å². The van der Waals surface area contributed by atoms with E-state index in [9.17, 15) is 14.0 Å². The number of nitrogens with zero attached hydrogens (tertiary/aromatic N) is 2. The van der Waals surface area contributed by atoms with Crippen LogP contribution in [0.5, 0.6) is 5.75 Å². The Morgan fingerprint density at radius 2 is 1.62 bits per heavy atom. The molecule has 172 valence electrons. The number of fused-ring (bicyclic) bond motifs is 1. The molecule has 0 aromatic heterocycles. The summed E-state index contributed by atoms with van der Waals surface area (Å²) >= 11 is 0. The Bertz CT molecular complexity index is 1280. The van der Waals surface area contributed by atoms with E-state index >= 15 is 0 Å². The number of para-hydroxylation sites is 1. The van der Waals surface area contributed by atoms with Gasteiger partial charge < -0.3 is 9.64 Å². The van der Waals surface area contributed by atoms with Gasteiger partial charge in [-0.25, -0.2) is 4.39 Å². The maximum Gasteiger partial charge on any atom is 0.278 e. The van der Waals surface area contributed by atoms with E-state index in [-0.39, 0.29) is 30.3 Å². The van der Waals surface area contributed by atoms with Crippen LogP contribution in [0.2, 0.25) is 0 Å². The molecule has 0 radical (unpaired) electrons. The lowest BCUT2D eigenvalue weighted by Crippen LogP contribution is -2.34. The van der Waals surface area contributed by atoms with Gasteiger partial charge in [-0.1, -0.05) is 42.5 Å². The first-order chi connectivity index (χ1) is 16.4.